The van der Waals surface area contributed by atoms with Crippen molar-refractivity contribution >= 4 is 35.7 Å². The number of carboxylic acids is 1. The van der Waals surface area contributed by atoms with E-state index in [9.17, 15) is 24.3 Å². The number of amides is 3. The minimum Gasteiger partial charge on any atom is -0.481 e. The summed E-state index contributed by atoms with van der Waals surface area (Å²) in [5, 5.41) is 21.1. The summed E-state index contributed by atoms with van der Waals surface area (Å²) in [6.07, 6.45) is 15.1. The maximum absolute atomic E-state index is 12.2. The minimum atomic E-state index is -0.782. The molecule has 14 heteroatoms. The molecule has 0 radical (unpaired) electrons. The lowest BCUT2D eigenvalue weighted by molar-refractivity contribution is -0.137. The number of unbranched alkanes of at least 4 members (excludes halogenated alkanes) is 3. The zero-order valence-corrected chi connectivity index (χ0v) is 38.3. The van der Waals surface area contributed by atoms with E-state index in [-0.39, 0.29) is 18.2 Å². The normalized spacial score (nSPS) is 18.0. The predicted octanol–water partition coefficient (Wildman–Crippen LogP) is 6.51. The van der Waals surface area contributed by atoms with Crippen LogP contribution in [0.15, 0.2) is 36.4 Å². The molecule has 63 heavy (non-hydrogen) atoms. The van der Waals surface area contributed by atoms with Gasteiger partial charge in [-0.1, -0.05) is 25.8 Å². The van der Waals surface area contributed by atoms with Gasteiger partial charge in [-0.05, 0) is 132 Å². The zero-order valence-electron chi connectivity index (χ0n) is 38.3. The number of pyridine rings is 1. The molecule has 3 aromatic rings. The lowest BCUT2D eigenvalue weighted by Gasteiger charge is -2.35. The number of nitrogens with zero attached hydrogens (tertiary/aromatic N) is 7. The number of aliphatic carboxylic acids is 1. The molecule has 4 aliphatic rings. The van der Waals surface area contributed by atoms with E-state index in [1.807, 2.05) is 23.4 Å². The van der Waals surface area contributed by atoms with Gasteiger partial charge in [0, 0.05) is 101 Å². The highest BCUT2D eigenvalue weighted by molar-refractivity contribution is 5.76. The van der Waals surface area contributed by atoms with E-state index in [1.54, 1.807) is 4.90 Å². The van der Waals surface area contributed by atoms with Crippen LogP contribution in [0, 0.1) is 19.8 Å². The molecule has 3 amide bonds. The van der Waals surface area contributed by atoms with Crippen molar-refractivity contribution in [3.63, 3.8) is 0 Å². The van der Waals surface area contributed by atoms with Gasteiger partial charge in [0.15, 0.2) is 0 Å². The van der Waals surface area contributed by atoms with Gasteiger partial charge in [0.25, 0.3) is 0 Å². The van der Waals surface area contributed by atoms with Gasteiger partial charge in [-0.25, -0.2) is 9.67 Å². The van der Waals surface area contributed by atoms with Crippen LogP contribution in [0.2, 0.25) is 0 Å². The fourth-order valence-electron chi connectivity index (χ4n) is 9.48. The number of aryl methyl sites for hydroxylation is 4. The third-order valence-electron chi connectivity index (χ3n) is 13.1. The summed E-state index contributed by atoms with van der Waals surface area (Å²) in [5.41, 5.74) is 7.49. The summed E-state index contributed by atoms with van der Waals surface area (Å²) in [7, 11) is 0. The van der Waals surface area contributed by atoms with E-state index in [0.717, 1.165) is 169 Å². The van der Waals surface area contributed by atoms with E-state index in [4.69, 9.17) is 10.1 Å². The highest BCUT2D eigenvalue weighted by Gasteiger charge is 2.28. The number of likely N-dealkylation sites (tertiary alicyclic amines) is 2. The van der Waals surface area contributed by atoms with Gasteiger partial charge in [0.2, 0.25) is 18.2 Å². The van der Waals surface area contributed by atoms with Crippen molar-refractivity contribution in [2.24, 2.45) is 5.92 Å². The Kier molecular flexibility index (Phi) is 18.2. The first-order chi connectivity index (χ1) is 30.6. The van der Waals surface area contributed by atoms with E-state index in [2.05, 4.69) is 63.8 Å². The highest BCUT2D eigenvalue weighted by atomic mass is 16.4. The summed E-state index contributed by atoms with van der Waals surface area (Å²) in [5.74, 6) is 1.18. The Bertz CT molecular complexity index is 1950. The van der Waals surface area contributed by atoms with Crippen LogP contribution in [-0.4, -0.2) is 131 Å². The molecule has 2 unspecified atom stereocenters. The number of aromatic nitrogens is 3. The molecule has 0 saturated carbocycles. The van der Waals surface area contributed by atoms with Crippen LogP contribution in [0.1, 0.15) is 125 Å². The van der Waals surface area contributed by atoms with Crippen LogP contribution in [-0.2, 0) is 32.0 Å². The van der Waals surface area contributed by atoms with Crippen LogP contribution in [0.4, 0.5) is 11.5 Å². The lowest BCUT2D eigenvalue weighted by Crippen LogP contribution is -2.45. The van der Waals surface area contributed by atoms with Gasteiger partial charge in [-0.15, -0.1) is 0 Å². The highest BCUT2D eigenvalue weighted by Crippen LogP contribution is 2.32. The zero-order chi connectivity index (χ0) is 44.6. The number of anilines is 2. The van der Waals surface area contributed by atoms with Crippen LogP contribution in [0.5, 0.6) is 0 Å². The summed E-state index contributed by atoms with van der Waals surface area (Å²) in [6, 6.07) is 12.9. The number of rotatable bonds is 20. The van der Waals surface area contributed by atoms with Crippen molar-refractivity contribution < 1.29 is 24.3 Å². The quantitative estimate of drug-likeness (QED) is 0.0846. The van der Waals surface area contributed by atoms with Crippen molar-refractivity contribution in [3.05, 3.63) is 64.6 Å². The Balaban J connectivity index is 0.000000292. The first-order valence-electron chi connectivity index (χ1n) is 23.9. The molecule has 3 fully saturated rings. The monoisotopic (exact) mass is 868 g/mol. The third kappa shape index (κ3) is 14.5. The Hall–Kier alpha value is -4.98. The summed E-state index contributed by atoms with van der Waals surface area (Å²) in [6.45, 7) is 15.3. The predicted molar refractivity (Wildman–Crippen MR) is 249 cm³/mol. The number of fused-ring (bicyclic) bond motifs is 1. The largest absolute Gasteiger partial charge is 0.481 e. The molecule has 2 aromatic heterocycles. The molecular formula is C49H73N9O5. The summed E-state index contributed by atoms with van der Waals surface area (Å²) < 4.78 is 1.96. The molecule has 6 heterocycles. The smallest absolute Gasteiger partial charge is 0.304 e. The Morgan fingerprint density at radius 1 is 0.921 bits per heavy atom. The van der Waals surface area contributed by atoms with Crippen LogP contribution in [0.25, 0.3) is 5.69 Å². The molecule has 14 nitrogen and oxygen atoms in total. The number of carbonyl (C=O) groups excluding carboxylic acids is 3. The van der Waals surface area contributed by atoms with Gasteiger partial charge in [-0.3, -0.25) is 19.2 Å². The standard InChI is InChI=1S/C34H45N7O3.C15H28N2O2/c1-24-16-25(2)41(37-24)32-18-28(17-31(20-32)40-14-12-38(23-42)13-15-40)29(19-33(43)44)22-39-11-9-26(21-39)5-7-30-8-6-27-4-3-10-35-34(27)36-30;1-2-3-9-14(18)16-11-6-4-5-10-15(19)17-12-7-8-13-17/h6,8,16-18,20,23,26,29H,3-5,7,9-15,19,21-22H2,1-2H3,(H,35,36)(H,43,44);2-13H2,1H3,(H,16,18). The third-order valence-corrected chi connectivity index (χ3v) is 13.1. The average Bonchev–Trinajstić information content (AvgIpc) is 4.08. The number of hydrogen-bond donors (Lipinski definition) is 3. The van der Waals surface area contributed by atoms with Crippen molar-refractivity contribution in [3.8, 4) is 5.69 Å². The second kappa shape index (κ2) is 24.2. The first kappa shape index (κ1) is 47.5. The van der Waals surface area contributed by atoms with E-state index < -0.39 is 5.97 Å². The van der Waals surface area contributed by atoms with Crippen molar-refractivity contribution in [1.29, 1.82) is 0 Å². The minimum absolute atomic E-state index is 0.0755. The topological polar surface area (TPSA) is 156 Å². The van der Waals surface area contributed by atoms with Crippen molar-refractivity contribution in [1.82, 2.24) is 34.8 Å². The molecule has 3 N–H and O–H groups in total. The van der Waals surface area contributed by atoms with Crippen LogP contribution >= 0.6 is 0 Å². The van der Waals surface area contributed by atoms with E-state index in [1.165, 1.54) is 12.0 Å². The van der Waals surface area contributed by atoms with Gasteiger partial charge < -0.3 is 35.3 Å². The molecule has 3 saturated heterocycles. The number of hydrogen-bond acceptors (Lipinski definition) is 9. The number of nitrogens with one attached hydrogen (secondary N) is 2. The number of benzene rings is 1. The Morgan fingerprint density at radius 3 is 2.44 bits per heavy atom. The fraction of sp³-hybridized carbons (Fsp3) is 0.633. The summed E-state index contributed by atoms with van der Waals surface area (Å²) in [4.78, 5) is 60.0. The molecule has 0 bridgehead atoms. The molecule has 7 rings (SSSR count). The molecule has 0 aliphatic carbocycles. The Morgan fingerprint density at radius 2 is 1.71 bits per heavy atom. The fourth-order valence-corrected chi connectivity index (χ4v) is 9.48. The average molecular weight is 868 g/mol. The van der Waals surface area contributed by atoms with Gasteiger partial charge in [0.05, 0.1) is 17.8 Å². The summed E-state index contributed by atoms with van der Waals surface area (Å²) >= 11 is 0. The molecular weight excluding hydrogens is 795 g/mol. The Labute approximate surface area is 375 Å². The lowest BCUT2D eigenvalue weighted by atomic mass is 9.93. The van der Waals surface area contributed by atoms with Crippen LogP contribution < -0.4 is 15.5 Å². The SMILES string of the molecule is CCCCC(=O)NCCCCCC(=O)N1CCCC1.Cc1cc(C)n(-c2cc(C(CC(=O)O)CN3CCC(CCc4ccc5c(n4)NCCC5)C3)cc(N3CCN(C=O)CC3)c2)n1. The van der Waals surface area contributed by atoms with Crippen molar-refractivity contribution in [2.75, 3.05) is 82.2 Å². The molecule has 1 aromatic carbocycles. The van der Waals surface area contributed by atoms with Gasteiger partial charge in [0.1, 0.15) is 5.82 Å². The molecule has 0 spiro atoms. The van der Waals surface area contributed by atoms with Crippen molar-refractivity contribution in [2.45, 2.75) is 123 Å². The number of piperazine rings is 1. The number of carbonyl (C=O) groups is 4. The molecule has 344 valence electrons. The van der Waals surface area contributed by atoms with Crippen LogP contribution in [0.3, 0.4) is 0 Å². The molecule has 4 aliphatic heterocycles. The van der Waals surface area contributed by atoms with E-state index >= 15 is 0 Å². The van der Waals surface area contributed by atoms with E-state index in [0.29, 0.717) is 44.3 Å². The number of carboxylic acid groups (broad SMARTS) is 1. The second-order valence-corrected chi connectivity index (χ2v) is 18.2. The maximum atomic E-state index is 12.2. The molecule has 2 atom stereocenters. The second-order valence-electron chi connectivity index (χ2n) is 18.2. The maximum Gasteiger partial charge on any atom is 0.304 e. The van der Waals surface area contributed by atoms with Gasteiger partial charge >= 0.3 is 5.97 Å². The first-order valence-corrected chi connectivity index (χ1v) is 23.9. The van der Waals surface area contributed by atoms with Gasteiger partial charge in [-0.2, -0.15) is 5.10 Å².